The summed E-state index contributed by atoms with van der Waals surface area (Å²) in [5, 5.41) is 17.9. The van der Waals surface area contributed by atoms with E-state index in [1.54, 1.807) is 60.7 Å². The molecule has 1 aromatic heterocycles. The van der Waals surface area contributed by atoms with Gasteiger partial charge in [0, 0.05) is 75.1 Å². The Kier molecular flexibility index (Phi) is 59.4. The molecule has 16 rings (SSSR count). The molecule has 1 N–H and O–H groups in total. The Labute approximate surface area is 885 Å². The number of alkyl halides is 2. The predicted molar refractivity (Wildman–Crippen MR) is 536 cm³/mol. The smallest absolute Gasteiger partial charge is 0.469 e. The molecular formula is C96H89Br2Cl8F8N10NaO16. The number of aromatic nitrogens is 1. The molecule has 0 unspecified atom stereocenters. The van der Waals surface area contributed by atoms with Crippen molar-refractivity contribution < 1.29 is 141 Å². The van der Waals surface area contributed by atoms with E-state index in [9.17, 15) is 78.3 Å². The molecule has 0 radical (unpaired) electrons. The molecule has 2 fully saturated rings. The summed E-state index contributed by atoms with van der Waals surface area (Å²) in [4.78, 5) is 103. The minimum atomic E-state index is -0.789. The van der Waals surface area contributed by atoms with Crippen LogP contribution in [0.1, 0.15) is 130 Å². The van der Waals surface area contributed by atoms with E-state index in [1.807, 2.05) is 10.6 Å². The third-order valence-electron chi connectivity index (χ3n) is 19.3. The number of azide groups is 2. The normalized spacial score (nSPS) is 12.3. The van der Waals surface area contributed by atoms with E-state index in [-0.39, 0.29) is 128 Å². The van der Waals surface area contributed by atoms with Crippen molar-refractivity contribution in [3.05, 3.63) is 345 Å². The van der Waals surface area contributed by atoms with Crippen LogP contribution >= 0.6 is 125 Å². The van der Waals surface area contributed by atoms with E-state index in [2.05, 4.69) is 80.3 Å². The third-order valence-corrected chi connectivity index (χ3v) is 23.5. The fraction of sp³-hybridized carbons (Fsp3) is 0.260. The second kappa shape index (κ2) is 65.4. The minimum absolute atomic E-state index is 0. The first-order valence-electron chi connectivity index (χ1n) is 39.4. The number of fused-ring (bicyclic) bond motifs is 6. The van der Waals surface area contributed by atoms with E-state index in [0.717, 1.165) is 94.2 Å². The van der Waals surface area contributed by atoms with Gasteiger partial charge in [0.15, 0.2) is 6.29 Å². The van der Waals surface area contributed by atoms with Crippen molar-refractivity contribution in [1.82, 2.24) is 4.57 Å². The Morgan fingerprint density at radius 3 is 1.26 bits per heavy atom. The zero-order valence-electron chi connectivity index (χ0n) is 73.6. The van der Waals surface area contributed by atoms with Gasteiger partial charge in [-0.25, -0.2) is 54.3 Å². The van der Waals surface area contributed by atoms with Crippen molar-refractivity contribution >= 4 is 227 Å². The number of carbonyl (C=O) groups excluding carboxylic acids is 9. The summed E-state index contributed by atoms with van der Waals surface area (Å²) >= 11 is 51.9. The number of ether oxygens (including phenoxy) is 6. The van der Waals surface area contributed by atoms with Gasteiger partial charge in [-0.15, -0.1) is 0 Å². The maximum atomic E-state index is 13.5. The van der Waals surface area contributed by atoms with Crippen LogP contribution in [-0.4, -0.2) is 131 Å². The largest absolute Gasteiger partial charge is 1.00 e. The van der Waals surface area contributed by atoms with Crippen LogP contribution in [0.3, 0.4) is 0 Å². The Balaban J connectivity index is 0.000000781. The average Bonchev–Trinajstić information content (AvgIpc) is 1.63. The first kappa shape index (κ1) is 128. The van der Waals surface area contributed by atoms with Crippen LogP contribution in [0, 0.1) is 58.4 Å². The topological polar surface area (TPSA) is 390 Å². The summed E-state index contributed by atoms with van der Waals surface area (Å²) in [5.41, 5.74) is 41.9. The van der Waals surface area contributed by atoms with Gasteiger partial charge in [0.1, 0.15) is 81.7 Å². The fourth-order valence-electron chi connectivity index (χ4n) is 12.1. The number of allylic oxidation sites excluding steroid dienone is 1. The van der Waals surface area contributed by atoms with Gasteiger partial charge >= 0.3 is 65.4 Å². The van der Waals surface area contributed by atoms with Crippen LogP contribution in [0.25, 0.3) is 84.2 Å². The van der Waals surface area contributed by atoms with Crippen molar-refractivity contribution in [2.24, 2.45) is 22.1 Å². The van der Waals surface area contributed by atoms with E-state index in [1.165, 1.54) is 144 Å². The van der Waals surface area contributed by atoms with Crippen molar-refractivity contribution in [2.75, 3.05) is 66.5 Å². The molecular weight excluding hydrogens is 2170 g/mol. The average molecular weight is 2260 g/mol. The molecule has 0 amide bonds. The van der Waals surface area contributed by atoms with E-state index in [0.29, 0.717) is 106 Å². The Morgan fingerprint density at radius 2 is 0.865 bits per heavy atom. The van der Waals surface area contributed by atoms with Crippen LogP contribution < -0.4 is 29.6 Å². The molecule has 141 heavy (non-hydrogen) atoms. The molecule has 0 saturated heterocycles. The van der Waals surface area contributed by atoms with E-state index < -0.39 is 70.4 Å². The van der Waals surface area contributed by atoms with Gasteiger partial charge in [-0.1, -0.05) is 194 Å². The number of rotatable bonds is 16. The molecule has 45 heteroatoms. The quantitative estimate of drug-likeness (QED) is 0.00897. The van der Waals surface area contributed by atoms with E-state index >= 15 is 0 Å². The van der Waals surface area contributed by atoms with E-state index in [4.69, 9.17) is 120 Å². The summed E-state index contributed by atoms with van der Waals surface area (Å²) in [6.07, 6.45) is 19.4. The van der Waals surface area contributed by atoms with Gasteiger partial charge in [-0.05, 0) is 243 Å². The Hall–Kier alpha value is -10.8. The van der Waals surface area contributed by atoms with Crippen LogP contribution in [0.15, 0.2) is 159 Å². The van der Waals surface area contributed by atoms with Gasteiger partial charge in [0.05, 0.1) is 95.6 Å². The van der Waals surface area contributed by atoms with Gasteiger partial charge in [-0.2, -0.15) is 0 Å². The van der Waals surface area contributed by atoms with Gasteiger partial charge in [0.2, 0.25) is 0 Å². The fourth-order valence-corrected chi connectivity index (χ4v) is 14.7. The van der Waals surface area contributed by atoms with Crippen LogP contribution in [-0.2, 0) is 101 Å². The molecule has 9 aromatic rings. The number of esters is 6. The first-order valence-corrected chi connectivity index (χ1v) is 44.6. The molecule has 0 atom stereocenters. The number of methoxy groups -OCH3 is 6. The molecule has 0 bridgehead atoms. The van der Waals surface area contributed by atoms with Gasteiger partial charge < -0.3 is 49.2 Å². The van der Waals surface area contributed by atoms with Crippen LogP contribution in [0.4, 0.5) is 35.1 Å². The standard InChI is InChI=1S/C13H11ClFNO.3C11H8ClFO2.C10H7ClFN3O2.C10H8ClFO.C10H6ClFO.C7H4ClFO.C4H7Br.C3H5BrO2.C3H5N3O2.3CH4.N3.Na/c14-12-11(15)4-3-9-5-10(7-17)16(13(9)12)6-8-1-2-8;1-15-11(14)8-2-6-4-9(12)10(13)5-7(6)3-8;2*1-15-11(14)7-4-6-2-3-9(13)10(12)8(6)5-7;1-17-10(16)9(14-15-13)5-6-2-3-8(12)7(11)4-6;2*11-10-8-4-6(5-13)3-7(8)1-2-9(10)12;8-6-3-5(4-10)1-2-7(6)9;5-3-4-1-2-4;1-6-3(5)2-4;1-8-3(7)2-5-6-4;;;;1-3-2;/h3-5,7-8H,1-2,6H2;2,4-5H,3H2,1H3;2*2-4H,5H2,1H3;2-5H,1H3;1-3,13H,4-5H2;1-3,5H,4H2;1-4H;4H,1-3H2;2H2,1H3;2H2,1H3;3*1H4;;/q;;;;;;;;;;;;;;-1;+1/b;;;;9-5-;;;;;;;;;;;. The van der Waals surface area contributed by atoms with Crippen LogP contribution in [0.5, 0.6) is 0 Å². The number of halogens is 18. The monoisotopic (exact) mass is 2250 g/mol. The number of hydrogen-bond acceptors (Lipinski definition) is 18. The maximum absolute atomic E-state index is 13.5. The number of aldehydes is 3. The first-order chi connectivity index (χ1) is 65.3. The summed E-state index contributed by atoms with van der Waals surface area (Å²) in [6.45, 7) is 0.528. The molecule has 2 saturated carbocycles. The molecule has 0 aliphatic heterocycles. The number of hydrogen-bond donors (Lipinski definition) is 1. The molecule has 0 spiro atoms. The molecule has 7 aliphatic carbocycles. The van der Waals surface area contributed by atoms with Gasteiger partial charge in [-0.3, -0.25) is 28.9 Å². The number of nitrogens with zero attached hydrogens (tertiary/aromatic N) is 10. The summed E-state index contributed by atoms with van der Waals surface area (Å²) < 4.78 is 132. The SMILES string of the molecule is BrCC1CC1.C.C.C.COC(=O)/C(=C/c1ccc(F)c(Cl)c1)N=[N+]=[N-].COC(=O)C1=Cc2cc(Cl)c(F)cc2C1.COC(=O)C1=Cc2ccc(F)c(Cl)c2C1.COC(=O)C1=Cc2ccc(F)c(Cl)c2C1.COC(=O)CBr.COC(=O)CN=[N+]=[N-].O=CC1=Cc2ccc(F)c(Cl)c2C1.O=Cc1cc2ccc(F)c(Cl)c2n1CC1CC1.O=Cc1ccc(F)c(Cl)c1.OCC1=Cc2ccc(F)c(Cl)c2C1.[N-]=[N+]=[N-].[Na+]. The molecule has 1 heterocycles. The minimum Gasteiger partial charge on any atom is -0.469 e. The molecule has 8 aromatic carbocycles. The van der Waals surface area contributed by atoms with Crippen molar-refractivity contribution in [2.45, 2.75) is 86.6 Å². The number of carbonyl (C=O) groups is 9. The Morgan fingerprint density at radius 1 is 0.454 bits per heavy atom. The molecule has 746 valence electrons. The third kappa shape index (κ3) is 39.8. The summed E-state index contributed by atoms with van der Waals surface area (Å²) in [5.74, 6) is -4.83. The summed E-state index contributed by atoms with van der Waals surface area (Å²) in [7, 11) is 7.68. The van der Waals surface area contributed by atoms with Crippen molar-refractivity contribution in [3.8, 4) is 0 Å². The summed E-state index contributed by atoms with van der Waals surface area (Å²) in [6, 6.07) is 27.0. The second-order valence-corrected chi connectivity index (χ2v) is 32.7. The van der Waals surface area contributed by atoms with Crippen molar-refractivity contribution in [3.63, 3.8) is 0 Å². The zero-order valence-corrected chi connectivity index (χ0v) is 84.8. The maximum Gasteiger partial charge on any atom is 1.00 e. The zero-order chi connectivity index (χ0) is 102. The second-order valence-electron chi connectivity index (χ2n) is 28.4. The molecule has 7 aliphatic rings. The number of aliphatic hydroxyl groups is 1. The molecule has 26 nitrogen and oxygen atoms in total. The number of benzene rings is 8. The predicted octanol–water partition coefficient (Wildman–Crippen LogP) is 24.6. The van der Waals surface area contributed by atoms with Crippen molar-refractivity contribution in [1.29, 1.82) is 0 Å². The van der Waals surface area contributed by atoms with Crippen LogP contribution in [0.2, 0.25) is 40.2 Å². The Bertz CT molecular complexity index is 6260. The van der Waals surface area contributed by atoms with Gasteiger partial charge in [0.25, 0.3) is 0 Å². The number of aliphatic hydroxyl groups excluding tert-OH is 1.